The minimum atomic E-state index is -0.730. The molecule has 0 rings (SSSR count). The molecule has 0 spiro atoms. The van der Waals surface area contributed by atoms with Crippen LogP contribution in [0.2, 0.25) is 0 Å². The Morgan fingerprint density at radius 3 is 2.33 bits per heavy atom. The van der Waals surface area contributed by atoms with Crippen molar-refractivity contribution in [2.75, 3.05) is 13.2 Å². The number of Topliss-reactive ketones (excluding diaryl/α,β-unsaturated/α-hetero) is 1. The molecular weight excluding hydrogens is 200 g/mol. The number of carbonyl (C=O) groups excluding carboxylic acids is 3. The molecule has 15 heavy (non-hydrogen) atoms. The molecule has 0 fully saturated rings. The SMILES string of the molecule is CC(=O)C(=O)C=C(C)C(=O)OCCCO. The summed E-state index contributed by atoms with van der Waals surface area (Å²) < 4.78 is 4.69. The smallest absolute Gasteiger partial charge is 0.333 e. The maximum Gasteiger partial charge on any atom is 0.333 e. The minimum Gasteiger partial charge on any atom is -0.462 e. The molecule has 5 heteroatoms. The zero-order valence-corrected chi connectivity index (χ0v) is 8.78. The van der Waals surface area contributed by atoms with Gasteiger partial charge < -0.3 is 9.84 Å². The normalized spacial score (nSPS) is 11.0. The summed E-state index contributed by atoms with van der Waals surface area (Å²) in [6, 6.07) is 0. The van der Waals surface area contributed by atoms with Crippen molar-refractivity contribution in [3.05, 3.63) is 11.6 Å². The summed E-state index contributed by atoms with van der Waals surface area (Å²) in [5.74, 6) is -2.01. The molecule has 0 aliphatic rings. The van der Waals surface area contributed by atoms with Gasteiger partial charge in [0.05, 0.1) is 6.61 Å². The van der Waals surface area contributed by atoms with Gasteiger partial charge in [0.25, 0.3) is 0 Å². The Labute approximate surface area is 87.7 Å². The van der Waals surface area contributed by atoms with Crippen LogP contribution in [-0.2, 0) is 19.1 Å². The summed E-state index contributed by atoms with van der Waals surface area (Å²) in [6.07, 6.45) is 1.29. The quantitative estimate of drug-likeness (QED) is 0.292. The van der Waals surface area contributed by atoms with Crippen LogP contribution >= 0.6 is 0 Å². The van der Waals surface area contributed by atoms with Gasteiger partial charge in [-0.2, -0.15) is 0 Å². The number of hydrogen-bond donors (Lipinski definition) is 1. The van der Waals surface area contributed by atoms with E-state index in [0.29, 0.717) is 6.42 Å². The Hall–Kier alpha value is -1.49. The summed E-state index contributed by atoms with van der Waals surface area (Å²) in [4.78, 5) is 32.6. The number of aliphatic hydroxyl groups excluding tert-OH is 1. The molecular formula is C10H14O5. The van der Waals surface area contributed by atoms with Crippen LogP contribution in [0, 0.1) is 0 Å². The highest BCUT2D eigenvalue weighted by atomic mass is 16.5. The minimum absolute atomic E-state index is 0.0670. The van der Waals surface area contributed by atoms with Crippen molar-refractivity contribution >= 4 is 17.5 Å². The van der Waals surface area contributed by atoms with Crippen LogP contribution in [0.25, 0.3) is 0 Å². The highest BCUT2D eigenvalue weighted by Crippen LogP contribution is 1.98. The van der Waals surface area contributed by atoms with Crippen LogP contribution in [0.5, 0.6) is 0 Å². The lowest BCUT2D eigenvalue weighted by Gasteiger charge is -2.02. The molecule has 0 atom stereocenters. The zero-order valence-electron chi connectivity index (χ0n) is 8.78. The highest BCUT2D eigenvalue weighted by molar-refractivity contribution is 6.41. The van der Waals surface area contributed by atoms with Crippen LogP contribution < -0.4 is 0 Å². The zero-order chi connectivity index (χ0) is 11.8. The molecule has 84 valence electrons. The van der Waals surface area contributed by atoms with E-state index in [9.17, 15) is 14.4 Å². The summed E-state index contributed by atoms with van der Waals surface area (Å²) in [7, 11) is 0. The number of carbonyl (C=O) groups is 3. The molecule has 5 nitrogen and oxygen atoms in total. The fraction of sp³-hybridized carbons (Fsp3) is 0.500. The van der Waals surface area contributed by atoms with Gasteiger partial charge in [-0.3, -0.25) is 9.59 Å². The van der Waals surface area contributed by atoms with Gasteiger partial charge in [-0.05, 0) is 13.0 Å². The first-order valence-corrected chi connectivity index (χ1v) is 4.50. The first kappa shape index (κ1) is 13.5. The average molecular weight is 214 g/mol. The number of ketones is 2. The number of hydrogen-bond acceptors (Lipinski definition) is 5. The monoisotopic (exact) mass is 214 g/mol. The molecule has 0 aromatic rings. The molecule has 0 aromatic heterocycles. The van der Waals surface area contributed by atoms with Gasteiger partial charge in [-0.1, -0.05) is 0 Å². The number of ether oxygens (including phenoxy) is 1. The van der Waals surface area contributed by atoms with Crippen molar-refractivity contribution in [1.82, 2.24) is 0 Å². The first-order valence-electron chi connectivity index (χ1n) is 4.50. The van der Waals surface area contributed by atoms with Crippen molar-refractivity contribution in [2.45, 2.75) is 20.3 Å². The number of rotatable bonds is 6. The lowest BCUT2D eigenvalue weighted by Crippen LogP contribution is -2.12. The maximum atomic E-state index is 11.1. The Bertz CT molecular complexity index is 290. The van der Waals surface area contributed by atoms with Gasteiger partial charge in [-0.25, -0.2) is 4.79 Å². The van der Waals surface area contributed by atoms with E-state index in [1.165, 1.54) is 6.92 Å². The number of aliphatic hydroxyl groups is 1. The van der Waals surface area contributed by atoms with E-state index in [-0.39, 0.29) is 18.8 Å². The second-order valence-electron chi connectivity index (χ2n) is 2.96. The summed E-state index contributed by atoms with van der Waals surface area (Å²) in [6.45, 7) is 2.54. The fourth-order valence-electron chi connectivity index (χ4n) is 0.700. The molecule has 0 bridgehead atoms. The molecule has 0 radical (unpaired) electrons. The standard InChI is InChI=1S/C10H14O5/c1-7(6-9(13)8(2)12)10(14)15-5-3-4-11/h6,11H,3-5H2,1-2H3. The average Bonchev–Trinajstić information content (AvgIpc) is 2.17. The largest absolute Gasteiger partial charge is 0.462 e. The van der Waals surface area contributed by atoms with E-state index in [4.69, 9.17) is 9.84 Å². The lowest BCUT2D eigenvalue weighted by molar-refractivity contribution is -0.139. The molecule has 0 aliphatic carbocycles. The van der Waals surface area contributed by atoms with Crippen molar-refractivity contribution < 1.29 is 24.2 Å². The summed E-state index contributed by atoms with van der Waals surface area (Å²) >= 11 is 0. The van der Waals surface area contributed by atoms with E-state index in [1.807, 2.05) is 0 Å². The van der Waals surface area contributed by atoms with Crippen molar-refractivity contribution in [1.29, 1.82) is 0 Å². The van der Waals surface area contributed by atoms with E-state index in [1.54, 1.807) is 0 Å². The third-order valence-electron chi connectivity index (χ3n) is 1.55. The van der Waals surface area contributed by atoms with Crippen LogP contribution in [-0.4, -0.2) is 35.9 Å². The molecule has 0 unspecified atom stereocenters. The van der Waals surface area contributed by atoms with E-state index < -0.39 is 17.5 Å². The topological polar surface area (TPSA) is 80.7 Å². The Balaban J connectivity index is 4.19. The molecule has 0 amide bonds. The van der Waals surface area contributed by atoms with Gasteiger partial charge in [0.2, 0.25) is 5.78 Å². The van der Waals surface area contributed by atoms with Crippen LogP contribution in [0.4, 0.5) is 0 Å². The van der Waals surface area contributed by atoms with Crippen molar-refractivity contribution in [2.24, 2.45) is 0 Å². The van der Waals surface area contributed by atoms with E-state index in [0.717, 1.165) is 13.0 Å². The predicted octanol–water partition coefficient (Wildman–Crippen LogP) is 0.0164. The summed E-state index contributed by atoms with van der Waals surface area (Å²) in [5, 5.41) is 8.43. The lowest BCUT2D eigenvalue weighted by atomic mass is 10.2. The second-order valence-corrected chi connectivity index (χ2v) is 2.96. The maximum absolute atomic E-state index is 11.1. The Morgan fingerprint density at radius 2 is 1.87 bits per heavy atom. The molecule has 0 saturated carbocycles. The Morgan fingerprint density at radius 1 is 1.27 bits per heavy atom. The molecule has 0 aliphatic heterocycles. The highest BCUT2D eigenvalue weighted by Gasteiger charge is 2.10. The van der Waals surface area contributed by atoms with Gasteiger partial charge in [0.1, 0.15) is 0 Å². The van der Waals surface area contributed by atoms with Crippen LogP contribution in [0.15, 0.2) is 11.6 Å². The predicted molar refractivity (Wildman–Crippen MR) is 52.1 cm³/mol. The van der Waals surface area contributed by atoms with E-state index >= 15 is 0 Å². The molecule has 0 aromatic carbocycles. The number of allylic oxidation sites excluding steroid dienone is 1. The van der Waals surface area contributed by atoms with Gasteiger partial charge in [-0.15, -0.1) is 0 Å². The third kappa shape index (κ3) is 5.74. The molecule has 0 saturated heterocycles. The van der Waals surface area contributed by atoms with E-state index in [2.05, 4.69) is 0 Å². The van der Waals surface area contributed by atoms with Crippen molar-refractivity contribution in [3.63, 3.8) is 0 Å². The fourth-order valence-corrected chi connectivity index (χ4v) is 0.700. The second kappa shape index (κ2) is 6.89. The summed E-state index contributed by atoms with van der Waals surface area (Å²) in [5.41, 5.74) is 0.0770. The van der Waals surface area contributed by atoms with Crippen molar-refractivity contribution in [3.8, 4) is 0 Å². The molecule has 0 heterocycles. The van der Waals surface area contributed by atoms with Gasteiger partial charge in [0.15, 0.2) is 5.78 Å². The van der Waals surface area contributed by atoms with Gasteiger partial charge >= 0.3 is 5.97 Å². The first-order chi connectivity index (χ1) is 6.99. The third-order valence-corrected chi connectivity index (χ3v) is 1.55. The number of esters is 1. The van der Waals surface area contributed by atoms with Gasteiger partial charge in [0, 0.05) is 25.5 Å². The molecule has 1 N–H and O–H groups in total. The van der Waals surface area contributed by atoms with Crippen LogP contribution in [0.1, 0.15) is 20.3 Å². The Kier molecular flexibility index (Phi) is 6.21. The van der Waals surface area contributed by atoms with Crippen LogP contribution in [0.3, 0.4) is 0 Å².